The van der Waals surface area contributed by atoms with Crippen LogP contribution in [-0.2, 0) is 4.43 Å². The molecule has 0 aromatic heterocycles. The molecule has 0 aliphatic carbocycles. The van der Waals surface area contributed by atoms with Gasteiger partial charge in [-0.25, -0.2) is 0 Å². The van der Waals surface area contributed by atoms with Crippen molar-refractivity contribution in [3.05, 3.63) is 10.4 Å². The van der Waals surface area contributed by atoms with Crippen molar-refractivity contribution in [3.8, 4) is 0 Å². The van der Waals surface area contributed by atoms with Crippen molar-refractivity contribution in [2.24, 2.45) is 0 Å². The minimum absolute atomic E-state index is 0.272. The Balaban J connectivity index is 5.37. The summed E-state index contributed by atoms with van der Waals surface area (Å²) in [5.41, 5.74) is 0. The van der Waals surface area contributed by atoms with E-state index in [-0.39, 0.29) is 5.04 Å². The maximum absolute atomic E-state index is 6.80. The molecule has 0 fully saturated rings. The average molecular weight is 447 g/mol. The minimum atomic E-state index is -2.42. The van der Waals surface area contributed by atoms with Gasteiger partial charge in [0.25, 0.3) is 0 Å². The van der Waals surface area contributed by atoms with Crippen LogP contribution in [0.5, 0.6) is 0 Å². The third kappa shape index (κ3) is 7.54. The van der Waals surface area contributed by atoms with E-state index in [1.807, 2.05) is 0 Å². The van der Waals surface area contributed by atoms with Crippen LogP contribution >= 0.6 is 0 Å². The molecule has 0 aliphatic rings. The van der Waals surface area contributed by atoms with E-state index in [1.54, 1.807) is 0 Å². The summed E-state index contributed by atoms with van der Waals surface area (Å²) in [5.74, 6) is 0. The van der Waals surface area contributed by atoms with Gasteiger partial charge in [0, 0.05) is 0 Å². The molecule has 1 nitrogen and oxygen atoms in total. The second-order valence-corrected chi connectivity index (χ2v) is 26.8. The van der Waals surface area contributed by atoms with Gasteiger partial charge in [0.2, 0.25) is 0 Å². The van der Waals surface area contributed by atoms with Crippen molar-refractivity contribution in [1.82, 2.24) is 0 Å². The molecule has 0 bridgehead atoms. The van der Waals surface area contributed by atoms with Gasteiger partial charge in [0.1, 0.15) is 0 Å². The topological polar surface area (TPSA) is 9.23 Å². The molecule has 0 atom stereocenters. The van der Waals surface area contributed by atoms with Crippen LogP contribution in [0.2, 0.25) is 31.4 Å². The first-order valence-corrected chi connectivity index (χ1v) is 20.3. The van der Waals surface area contributed by atoms with Crippen LogP contribution in [0.4, 0.5) is 0 Å². The van der Waals surface area contributed by atoms with Gasteiger partial charge >= 0.3 is 153 Å². The van der Waals surface area contributed by atoms with Crippen molar-refractivity contribution in [1.29, 1.82) is 0 Å². The van der Waals surface area contributed by atoms with Gasteiger partial charge in [-0.1, -0.05) is 0 Å². The summed E-state index contributed by atoms with van der Waals surface area (Å²) in [5, 5.41) is 0.272. The van der Waals surface area contributed by atoms with E-state index in [0.29, 0.717) is 0 Å². The molecule has 0 saturated heterocycles. The van der Waals surface area contributed by atoms with E-state index in [1.165, 1.54) is 55.6 Å². The molecule has 0 saturated carbocycles. The van der Waals surface area contributed by atoms with Crippen LogP contribution in [0.15, 0.2) is 10.4 Å². The van der Waals surface area contributed by atoms with Crippen LogP contribution in [0, 0.1) is 0 Å². The van der Waals surface area contributed by atoms with Gasteiger partial charge in [-0.05, 0) is 0 Å². The molecule has 0 spiro atoms. The number of hydrogen-bond donors (Lipinski definition) is 0. The molecule has 138 valence electrons. The SMILES string of the molecule is C=[C](O[Si](C)(C)C(C)(C)C)[Sn]([CH2]CCC)([CH2]CCC)[CH2]CCC. The van der Waals surface area contributed by atoms with Gasteiger partial charge in [-0.2, -0.15) is 0 Å². The summed E-state index contributed by atoms with van der Waals surface area (Å²) in [4.78, 5) is 0. The van der Waals surface area contributed by atoms with Crippen LogP contribution < -0.4 is 0 Å². The van der Waals surface area contributed by atoms with E-state index in [0.717, 1.165) is 0 Å². The molecule has 0 aromatic carbocycles. The molecule has 0 heterocycles. The predicted molar refractivity (Wildman–Crippen MR) is 112 cm³/mol. The van der Waals surface area contributed by atoms with Crippen molar-refractivity contribution < 1.29 is 4.43 Å². The second-order valence-electron chi connectivity index (χ2n) is 8.88. The number of rotatable bonds is 12. The molecule has 0 unspecified atom stereocenters. The Morgan fingerprint density at radius 3 is 1.48 bits per heavy atom. The fraction of sp³-hybridized carbons (Fsp3) is 0.900. The zero-order chi connectivity index (χ0) is 18.1. The second kappa shape index (κ2) is 10.5. The van der Waals surface area contributed by atoms with Gasteiger partial charge in [-0.15, -0.1) is 0 Å². The van der Waals surface area contributed by atoms with Crippen molar-refractivity contribution in [2.75, 3.05) is 0 Å². The zero-order valence-corrected chi connectivity index (χ0v) is 21.3. The summed E-state index contributed by atoms with van der Waals surface area (Å²) in [6, 6.07) is 0. The summed E-state index contributed by atoms with van der Waals surface area (Å²) in [6.45, 7) is 23.4. The van der Waals surface area contributed by atoms with E-state index in [2.05, 4.69) is 61.2 Å². The van der Waals surface area contributed by atoms with Crippen molar-refractivity contribution in [2.45, 2.75) is 112 Å². The first kappa shape index (κ1) is 23.6. The first-order chi connectivity index (χ1) is 10.6. The van der Waals surface area contributed by atoms with Gasteiger partial charge in [-0.3, -0.25) is 0 Å². The third-order valence-electron chi connectivity index (χ3n) is 5.80. The van der Waals surface area contributed by atoms with Gasteiger partial charge in [0.15, 0.2) is 0 Å². The molecule has 0 amide bonds. The summed E-state index contributed by atoms with van der Waals surface area (Å²) >= 11 is -2.42. The molecule has 0 rings (SSSR count). The fourth-order valence-electron chi connectivity index (χ4n) is 2.91. The first-order valence-electron chi connectivity index (χ1n) is 9.94. The van der Waals surface area contributed by atoms with Crippen molar-refractivity contribution in [3.63, 3.8) is 0 Å². The molecule has 0 N–H and O–H groups in total. The van der Waals surface area contributed by atoms with Crippen molar-refractivity contribution >= 4 is 26.7 Å². The zero-order valence-electron chi connectivity index (χ0n) is 17.5. The Morgan fingerprint density at radius 2 is 1.22 bits per heavy atom. The normalized spacial score (nSPS) is 13.2. The summed E-state index contributed by atoms with van der Waals surface area (Å²) in [6.07, 6.45) is 8.06. The van der Waals surface area contributed by atoms with Gasteiger partial charge in [0.05, 0.1) is 0 Å². The molecule has 0 radical (unpaired) electrons. The predicted octanol–water partition coefficient (Wildman–Crippen LogP) is 7.91. The average Bonchev–Trinajstić information content (AvgIpc) is 2.45. The maximum atomic E-state index is 6.80. The van der Waals surface area contributed by atoms with Gasteiger partial charge < -0.3 is 0 Å². The van der Waals surface area contributed by atoms with Crippen LogP contribution in [0.25, 0.3) is 0 Å². The van der Waals surface area contributed by atoms with E-state index >= 15 is 0 Å². The number of hydrogen-bond acceptors (Lipinski definition) is 1. The third-order valence-corrected chi connectivity index (χ3v) is 25.6. The molecule has 0 aromatic rings. The Bertz CT molecular complexity index is 322. The summed E-state index contributed by atoms with van der Waals surface area (Å²) in [7, 11) is -1.74. The van der Waals surface area contributed by atoms with Crippen LogP contribution in [0.3, 0.4) is 0 Å². The molecular formula is C20H44OSiSn. The Hall–Kier alpha value is 0.556. The van der Waals surface area contributed by atoms with E-state index in [9.17, 15) is 0 Å². The van der Waals surface area contributed by atoms with Crippen LogP contribution in [0.1, 0.15) is 80.1 Å². The molecule has 23 heavy (non-hydrogen) atoms. The quantitative estimate of drug-likeness (QED) is 0.218. The Morgan fingerprint density at radius 1 is 0.870 bits per heavy atom. The van der Waals surface area contributed by atoms with E-state index in [4.69, 9.17) is 4.43 Å². The summed E-state index contributed by atoms with van der Waals surface area (Å²) < 4.78 is 12.5. The van der Waals surface area contributed by atoms with E-state index < -0.39 is 26.7 Å². The molecule has 0 aliphatic heterocycles. The molecular weight excluding hydrogens is 403 g/mol. The monoisotopic (exact) mass is 448 g/mol. The standard InChI is InChI=1S/C8H17OSi.3C4H9.Sn/c1-7-9-10(5,6)8(2,3)4;3*1-3-4-2;/h1H2,2-6H3;3*1,3-4H2,2H3;. The Kier molecular flexibility index (Phi) is 10.8. The Labute approximate surface area is 152 Å². The number of unbranched alkanes of at least 4 members (excludes halogenated alkanes) is 3. The van der Waals surface area contributed by atoms with Crippen LogP contribution in [-0.4, -0.2) is 26.7 Å². The molecule has 3 heteroatoms. The fourth-order valence-corrected chi connectivity index (χ4v) is 21.4.